The predicted molar refractivity (Wildman–Crippen MR) is 32.1 cm³/mol. The Morgan fingerprint density at radius 2 is 2.12 bits per heavy atom. The van der Waals surface area contributed by atoms with Gasteiger partial charge in [0.15, 0.2) is 0 Å². The molecule has 1 aliphatic rings. The van der Waals surface area contributed by atoms with Crippen LogP contribution in [0.4, 0.5) is 0 Å². The van der Waals surface area contributed by atoms with Gasteiger partial charge in [-0.15, -0.1) is 0 Å². The summed E-state index contributed by atoms with van der Waals surface area (Å²) in [5.74, 6) is 0.694. The number of hydrogen-bond donors (Lipinski definition) is 0. The summed E-state index contributed by atoms with van der Waals surface area (Å²) in [4.78, 5) is 0. The van der Waals surface area contributed by atoms with E-state index in [0.29, 0.717) is 5.92 Å². The van der Waals surface area contributed by atoms with Gasteiger partial charge < -0.3 is 0 Å². The van der Waals surface area contributed by atoms with Crippen LogP contribution in [0.25, 0.3) is 0 Å². The van der Waals surface area contributed by atoms with Gasteiger partial charge in [0.05, 0.1) is 0 Å². The summed E-state index contributed by atoms with van der Waals surface area (Å²) < 4.78 is 0. The fourth-order valence-electron chi connectivity index (χ4n) is 0.678. The van der Waals surface area contributed by atoms with E-state index in [-0.39, 0.29) is 21.7 Å². The normalized spacial score (nSPS) is 24.8. The third-order valence-electron chi connectivity index (χ3n) is 1.48. The maximum Gasteiger partial charge on any atom is 0 e. The molecule has 0 aromatic carbocycles. The van der Waals surface area contributed by atoms with E-state index in [1.165, 1.54) is 5.57 Å². The van der Waals surface area contributed by atoms with Crippen molar-refractivity contribution in [1.82, 2.24) is 0 Å². The minimum absolute atomic E-state index is 0. The van der Waals surface area contributed by atoms with Crippen LogP contribution >= 0.6 is 0 Å². The quantitative estimate of drug-likeness (QED) is 0.454. The average molecular weight is 142 g/mol. The van der Waals surface area contributed by atoms with Crippen molar-refractivity contribution >= 4 is 0 Å². The zero-order valence-corrected chi connectivity index (χ0v) is 6.87. The Balaban J connectivity index is 0.000000490. The molecule has 0 heterocycles. The molecule has 1 atom stereocenters. The number of rotatable bonds is 0. The zero-order chi connectivity index (χ0) is 5.28. The number of hydrogen-bond acceptors (Lipinski definition) is 0. The van der Waals surface area contributed by atoms with Gasteiger partial charge in [-0.2, -0.15) is 0 Å². The molecule has 0 amide bonds. The molecule has 0 fully saturated rings. The van der Waals surface area contributed by atoms with Gasteiger partial charge in [-0.3, -0.25) is 0 Å². The minimum Gasteiger partial charge on any atom is -0.0776 e. The molecule has 0 radical (unpaired) electrons. The molecule has 0 spiro atoms. The SMILES string of the molecule is CC1=CC=CC1C.[Ti]. The van der Waals surface area contributed by atoms with Crippen molar-refractivity contribution in [3.63, 3.8) is 0 Å². The molecule has 42 valence electrons. The van der Waals surface area contributed by atoms with Gasteiger partial charge in [0.25, 0.3) is 0 Å². The van der Waals surface area contributed by atoms with E-state index in [1.54, 1.807) is 0 Å². The summed E-state index contributed by atoms with van der Waals surface area (Å²) >= 11 is 0. The Morgan fingerprint density at radius 1 is 1.50 bits per heavy atom. The summed E-state index contributed by atoms with van der Waals surface area (Å²) in [5.41, 5.74) is 1.47. The predicted octanol–water partition coefficient (Wildman–Crippen LogP) is 2.14. The molecule has 1 unspecified atom stereocenters. The van der Waals surface area contributed by atoms with Crippen LogP contribution in [0.15, 0.2) is 23.8 Å². The summed E-state index contributed by atoms with van der Waals surface area (Å²) in [6, 6.07) is 0. The van der Waals surface area contributed by atoms with Crippen molar-refractivity contribution in [2.24, 2.45) is 5.92 Å². The third-order valence-corrected chi connectivity index (χ3v) is 1.48. The maximum atomic E-state index is 2.20. The molecule has 1 rings (SSSR count). The van der Waals surface area contributed by atoms with Crippen LogP contribution in [0.3, 0.4) is 0 Å². The molecule has 0 aromatic heterocycles. The van der Waals surface area contributed by atoms with E-state index in [9.17, 15) is 0 Å². The van der Waals surface area contributed by atoms with Crippen molar-refractivity contribution in [3.05, 3.63) is 23.8 Å². The van der Waals surface area contributed by atoms with Crippen molar-refractivity contribution in [3.8, 4) is 0 Å². The van der Waals surface area contributed by atoms with Gasteiger partial charge in [0, 0.05) is 21.7 Å². The van der Waals surface area contributed by atoms with E-state index >= 15 is 0 Å². The largest absolute Gasteiger partial charge is 0.0776 e. The first-order valence-corrected chi connectivity index (χ1v) is 2.65. The van der Waals surface area contributed by atoms with Crippen LogP contribution in [-0.2, 0) is 21.7 Å². The van der Waals surface area contributed by atoms with Crippen LogP contribution in [0, 0.1) is 5.92 Å². The molecular formula is C7H10Ti. The molecule has 0 N–H and O–H groups in total. The van der Waals surface area contributed by atoms with Crippen molar-refractivity contribution in [1.29, 1.82) is 0 Å². The standard InChI is InChI=1S/C7H10.Ti/c1-6-4-3-5-7(6)2;/h3-6H,1-2H3;. The molecule has 0 saturated heterocycles. The topological polar surface area (TPSA) is 0 Å². The van der Waals surface area contributed by atoms with Gasteiger partial charge in [-0.1, -0.05) is 30.7 Å². The Morgan fingerprint density at radius 3 is 2.25 bits per heavy atom. The van der Waals surface area contributed by atoms with Gasteiger partial charge in [0.1, 0.15) is 0 Å². The fraction of sp³-hybridized carbons (Fsp3) is 0.429. The summed E-state index contributed by atoms with van der Waals surface area (Å²) in [6.45, 7) is 4.36. The summed E-state index contributed by atoms with van der Waals surface area (Å²) in [5, 5.41) is 0. The monoisotopic (exact) mass is 142 g/mol. The smallest absolute Gasteiger partial charge is 0 e. The summed E-state index contributed by atoms with van der Waals surface area (Å²) in [6.07, 6.45) is 6.47. The van der Waals surface area contributed by atoms with Crippen LogP contribution in [-0.4, -0.2) is 0 Å². The zero-order valence-electron chi connectivity index (χ0n) is 5.31. The molecule has 0 saturated carbocycles. The fourth-order valence-corrected chi connectivity index (χ4v) is 0.678. The van der Waals surface area contributed by atoms with Crippen LogP contribution in [0.2, 0.25) is 0 Å². The van der Waals surface area contributed by atoms with Gasteiger partial charge >= 0.3 is 0 Å². The Hall–Kier alpha value is 0.194. The van der Waals surface area contributed by atoms with Crippen LogP contribution < -0.4 is 0 Å². The third kappa shape index (κ3) is 1.61. The minimum atomic E-state index is 0. The van der Waals surface area contributed by atoms with Crippen molar-refractivity contribution in [2.75, 3.05) is 0 Å². The second kappa shape index (κ2) is 3.27. The van der Waals surface area contributed by atoms with E-state index in [1.807, 2.05) is 0 Å². The van der Waals surface area contributed by atoms with E-state index in [2.05, 4.69) is 32.1 Å². The molecule has 0 bridgehead atoms. The maximum absolute atomic E-state index is 2.20. The Labute approximate surface area is 65.6 Å². The average Bonchev–Trinajstić information content (AvgIpc) is 1.91. The molecular weight excluding hydrogens is 132 g/mol. The second-order valence-corrected chi connectivity index (χ2v) is 2.08. The Bertz CT molecular complexity index is 122. The van der Waals surface area contributed by atoms with E-state index in [4.69, 9.17) is 0 Å². The van der Waals surface area contributed by atoms with Crippen molar-refractivity contribution in [2.45, 2.75) is 13.8 Å². The van der Waals surface area contributed by atoms with E-state index < -0.39 is 0 Å². The van der Waals surface area contributed by atoms with Crippen LogP contribution in [0.1, 0.15) is 13.8 Å². The molecule has 1 heteroatoms. The molecule has 0 aliphatic heterocycles. The van der Waals surface area contributed by atoms with Crippen molar-refractivity contribution < 1.29 is 21.7 Å². The summed E-state index contributed by atoms with van der Waals surface area (Å²) in [7, 11) is 0. The molecule has 1 aliphatic carbocycles. The number of allylic oxidation sites excluding steroid dienone is 4. The van der Waals surface area contributed by atoms with E-state index in [0.717, 1.165) is 0 Å². The molecule has 0 aromatic rings. The van der Waals surface area contributed by atoms with Gasteiger partial charge in [0.2, 0.25) is 0 Å². The van der Waals surface area contributed by atoms with Gasteiger partial charge in [-0.05, 0) is 12.8 Å². The first kappa shape index (κ1) is 8.19. The first-order valence-electron chi connectivity index (χ1n) is 2.65. The Kier molecular flexibility index (Phi) is 3.34. The second-order valence-electron chi connectivity index (χ2n) is 2.08. The first-order chi connectivity index (χ1) is 3.30. The van der Waals surface area contributed by atoms with Crippen LogP contribution in [0.5, 0.6) is 0 Å². The molecule has 0 nitrogen and oxygen atoms in total. The van der Waals surface area contributed by atoms with Gasteiger partial charge in [-0.25, -0.2) is 0 Å². The molecule has 8 heavy (non-hydrogen) atoms.